The molecule has 0 saturated heterocycles. The first kappa shape index (κ1) is 11.4. The Bertz CT molecular complexity index is 506. The van der Waals surface area contributed by atoms with E-state index >= 15 is 0 Å². The van der Waals surface area contributed by atoms with Gasteiger partial charge in [-0.25, -0.2) is 19.6 Å². The number of hydrogen-bond donors (Lipinski definition) is 0. The molecule has 0 aromatic carbocycles. The summed E-state index contributed by atoms with van der Waals surface area (Å²) in [5.41, 5.74) is 0.491. The first-order valence-electron chi connectivity index (χ1n) is 5.35. The maximum absolute atomic E-state index is 11.9. The molecule has 0 fully saturated rings. The van der Waals surface area contributed by atoms with Crippen LogP contribution in [0.3, 0.4) is 0 Å². The van der Waals surface area contributed by atoms with E-state index in [1.165, 1.54) is 25.0 Å². The van der Waals surface area contributed by atoms with Crippen LogP contribution >= 0.6 is 0 Å². The van der Waals surface area contributed by atoms with Gasteiger partial charge in [-0.1, -0.05) is 0 Å². The molecule has 0 aliphatic heterocycles. The average Bonchev–Trinajstić information content (AvgIpc) is 2.78. The summed E-state index contributed by atoms with van der Waals surface area (Å²) in [5.74, 6) is 0.606. The molecule has 0 radical (unpaired) electrons. The van der Waals surface area contributed by atoms with Crippen LogP contribution in [0.2, 0.25) is 0 Å². The Morgan fingerprint density at radius 1 is 1.29 bits per heavy atom. The standard InChI is InChI=1S/C11H13N5O/c1-8(2)16-11(14-7-15-16)3-10(17)9-4-12-6-13-5-9/h4-8H,3H2,1-2H3. The van der Waals surface area contributed by atoms with Crippen LogP contribution in [0.5, 0.6) is 0 Å². The van der Waals surface area contributed by atoms with Gasteiger partial charge in [0.1, 0.15) is 18.5 Å². The van der Waals surface area contributed by atoms with Gasteiger partial charge < -0.3 is 0 Å². The van der Waals surface area contributed by atoms with Gasteiger partial charge in [0.25, 0.3) is 0 Å². The maximum atomic E-state index is 11.9. The molecule has 0 spiro atoms. The van der Waals surface area contributed by atoms with Crippen molar-refractivity contribution in [2.45, 2.75) is 26.3 Å². The van der Waals surface area contributed by atoms with Crippen LogP contribution in [0, 0.1) is 0 Å². The smallest absolute Gasteiger partial charge is 0.173 e. The van der Waals surface area contributed by atoms with E-state index in [2.05, 4.69) is 20.1 Å². The summed E-state index contributed by atoms with van der Waals surface area (Å²) in [4.78, 5) is 23.7. The van der Waals surface area contributed by atoms with Gasteiger partial charge in [-0.15, -0.1) is 0 Å². The van der Waals surface area contributed by atoms with Gasteiger partial charge in [0.05, 0.1) is 12.0 Å². The number of carbonyl (C=O) groups excluding carboxylic acids is 1. The lowest BCUT2D eigenvalue weighted by atomic mass is 10.1. The Morgan fingerprint density at radius 3 is 2.65 bits per heavy atom. The zero-order chi connectivity index (χ0) is 12.3. The van der Waals surface area contributed by atoms with E-state index in [-0.39, 0.29) is 18.2 Å². The third kappa shape index (κ3) is 2.52. The Morgan fingerprint density at radius 2 is 2.00 bits per heavy atom. The van der Waals surface area contributed by atoms with Crippen molar-refractivity contribution in [2.75, 3.05) is 0 Å². The fraction of sp³-hybridized carbons (Fsp3) is 0.364. The highest BCUT2D eigenvalue weighted by molar-refractivity contribution is 5.96. The van der Waals surface area contributed by atoms with Crippen molar-refractivity contribution in [3.8, 4) is 0 Å². The third-order valence-electron chi connectivity index (χ3n) is 2.34. The summed E-state index contributed by atoms with van der Waals surface area (Å²) in [6, 6.07) is 0.187. The Balaban J connectivity index is 2.16. The molecule has 0 aliphatic carbocycles. The van der Waals surface area contributed by atoms with Crippen LogP contribution in [0.4, 0.5) is 0 Å². The minimum atomic E-state index is -0.0551. The van der Waals surface area contributed by atoms with Crippen molar-refractivity contribution in [1.82, 2.24) is 24.7 Å². The van der Waals surface area contributed by atoms with E-state index in [1.807, 2.05) is 13.8 Å². The van der Waals surface area contributed by atoms with Crippen LogP contribution in [0.1, 0.15) is 36.1 Å². The zero-order valence-corrected chi connectivity index (χ0v) is 9.74. The van der Waals surface area contributed by atoms with E-state index in [4.69, 9.17) is 0 Å². The van der Waals surface area contributed by atoms with Crippen molar-refractivity contribution >= 4 is 5.78 Å². The predicted molar refractivity (Wildman–Crippen MR) is 60.5 cm³/mol. The number of carbonyl (C=O) groups is 1. The topological polar surface area (TPSA) is 73.6 Å². The molecule has 6 nitrogen and oxygen atoms in total. The normalized spacial score (nSPS) is 10.8. The molecule has 0 bridgehead atoms. The van der Waals surface area contributed by atoms with Crippen molar-refractivity contribution in [3.63, 3.8) is 0 Å². The Hall–Kier alpha value is -2.11. The highest BCUT2D eigenvalue weighted by Gasteiger charge is 2.13. The minimum absolute atomic E-state index is 0.0551. The fourth-order valence-corrected chi connectivity index (χ4v) is 1.52. The largest absolute Gasteiger partial charge is 0.294 e. The van der Waals surface area contributed by atoms with Gasteiger partial charge in [-0.2, -0.15) is 5.10 Å². The van der Waals surface area contributed by atoms with Gasteiger partial charge in [-0.05, 0) is 13.8 Å². The van der Waals surface area contributed by atoms with Crippen molar-refractivity contribution in [2.24, 2.45) is 0 Å². The van der Waals surface area contributed by atoms with Crippen LogP contribution in [0.25, 0.3) is 0 Å². The SMILES string of the molecule is CC(C)n1ncnc1CC(=O)c1cncnc1. The molecule has 17 heavy (non-hydrogen) atoms. The first-order chi connectivity index (χ1) is 8.18. The molecular weight excluding hydrogens is 218 g/mol. The molecule has 0 atom stereocenters. The summed E-state index contributed by atoms with van der Waals surface area (Å²) in [7, 11) is 0. The molecular formula is C11H13N5O. The minimum Gasteiger partial charge on any atom is -0.294 e. The molecule has 0 N–H and O–H groups in total. The molecule has 0 unspecified atom stereocenters. The van der Waals surface area contributed by atoms with E-state index in [9.17, 15) is 4.79 Å². The highest BCUT2D eigenvalue weighted by Crippen LogP contribution is 2.08. The average molecular weight is 231 g/mol. The molecule has 0 aliphatic rings. The lowest BCUT2D eigenvalue weighted by Gasteiger charge is -2.08. The van der Waals surface area contributed by atoms with Gasteiger partial charge in [0, 0.05) is 18.4 Å². The quantitative estimate of drug-likeness (QED) is 0.736. The molecule has 0 saturated carbocycles. The van der Waals surface area contributed by atoms with Gasteiger partial charge in [0.15, 0.2) is 5.78 Å². The van der Waals surface area contributed by atoms with Crippen molar-refractivity contribution in [3.05, 3.63) is 36.4 Å². The van der Waals surface area contributed by atoms with E-state index in [0.717, 1.165) is 0 Å². The summed E-state index contributed by atoms with van der Waals surface area (Å²) in [6.45, 7) is 3.99. The number of aromatic nitrogens is 5. The maximum Gasteiger partial charge on any atom is 0.173 e. The van der Waals surface area contributed by atoms with Crippen LogP contribution in [0.15, 0.2) is 25.0 Å². The lowest BCUT2D eigenvalue weighted by molar-refractivity contribution is 0.0988. The second-order valence-electron chi connectivity index (χ2n) is 3.94. The van der Waals surface area contributed by atoms with E-state index in [0.29, 0.717) is 11.4 Å². The summed E-state index contributed by atoms with van der Waals surface area (Å²) in [5, 5.41) is 4.08. The van der Waals surface area contributed by atoms with Gasteiger partial charge in [0.2, 0.25) is 0 Å². The van der Waals surface area contributed by atoms with Gasteiger partial charge in [-0.3, -0.25) is 4.79 Å². The molecule has 6 heteroatoms. The van der Waals surface area contributed by atoms with E-state index in [1.54, 1.807) is 4.68 Å². The molecule has 2 aromatic heterocycles. The second kappa shape index (κ2) is 4.82. The number of nitrogens with zero attached hydrogens (tertiary/aromatic N) is 5. The molecule has 2 aromatic rings. The number of ketones is 1. The van der Waals surface area contributed by atoms with Crippen LogP contribution in [-0.2, 0) is 6.42 Å². The number of Topliss-reactive ketones (excluding diaryl/α,β-unsaturated/α-hetero) is 1. The van der Waals surface area contributed by atoms with Gasteiger partial charge >= 0.3 is 0 Å². The number of rotatable bonds is 4. The van der Waals surface area contributed by atoms with Crippen LogP contribution in [-0.4, -0.2) is 30.5 Å². The first-order valence-corrected chi connectivity index (χ1v) is 5.35. The second-order valence-corrected chi connectivity index (χ2v) is 3.94. The van der Waals surface area contributed by atoms with Crippen molar-refractivity contribution < 1.29 is 4.79 Å². The fourth-order valence-electron chi connectivity index (χ4n) is 1.52. The Kier molecular flexibility index (Phi) is 3.22. The summed E-state index contributed by atoms with van der Waals surface area (Å²) in [6.07, 6.45) is 6.08. The highest BCUT2D eigenvalue weighted by atomic mass is 16.1. The monoisotopic (exact) mass is 231 g/mol. The molecule has 0 amide bonds. The predicted octanol–water partition coefficient (Wildman–Crippen LogP) is 1.07. The van der Waals surface area contributed by atoms with Crippen molar-refractivity contribution in [1.29, 1.82) is 0 Å². The summed E-state index contributed by atoms with van der Waals surface area (Å²) < 4.78 is 1.74. The molecule has 2 heterocycles. The van der Waals surface area contributed by atoms with Crippen LogP contribution < -0.4 is 0 Å². The number of hydrogen-bond acceptors (Lipinski definition) is 5. The third-order valence-corrected chi connectivity index (χ3v) is 2.34. The van der Waals surface area contributed by atoms with E-state index < -0.39 is 0 Å². The molecule has 2 rings (SSSR count). The Labute approximate surface area is 98.7 Å². The molecule has 88 valence electrons. The lowest BCUT2D eigenvalue weighted by Crippen LogP contribution is -2.13. The zero-order valence-electron chi connectivity index (χ0n) is 9.74. The summed E-state index contributed by atoms with van der Waals surface area (Å²) >= 11 is 0.